The zero-order valence-electron chi connectivity index (χ0n) is 19.6. The Morgan fingerprint density at radius 1 is 1.00 bits per heavy atom. The maximum Gasteiger partial charge on any atom is 0.178 e. The summed E-state index contributed by atoms with van der Waals surface area (Å²) in [4.78, 5) is 4.65. The average Bonchev–Trinajstić information content (AvgIpc) is 3.40. The lowest BCUT2D eigenvalue weighted by atomic mass is 9.99. The summed E-state index contributed by atoms with van der Waals surface area (Å²) in [6, 6.07) is 18.2. The maximum absolute atomic E-state index is 11.1. The van der Waals surface area contributed by atoms with Crippen molar-refractivity contribution in [2.45, 2.75) is 38.2 Å². The summed E-state index contributed by atoms with van der Waals surface area (Å²) in [6.07, 6.45) is -4.82. The third-order valence-electron chi connectivity index (χ3n) is 5.51. The Morgan fingerprint density at radius 3 is 2.32 bits per heavy atom. The van der Waals surface area contributed by atoms with Crippen molar-refractivity contribution in [2.75, 3.05) is 12.9 Å². The number of nitrogens with one attached hydrogen (secondary N) is 2. The molecule has 0 saturated carbocycles. The van der Waals surface area contributed by atoms with Crippen LogP contribution >= 0.6 is 46.6 Å². The van der Waals surface area contributed by atoms with E-state index in [0.29, 0.717) is 9.51 Å². The molecule has 14 heteroatoms. The van der Waals surface area contributed by atoms with Gasteiger partial charge in [-0.25, -0.2) is 10.4 Å². The molecule has 2 heterocycles. The largest absolute Gasteiger partial charge is 0.394 e. The van der Waals surface area contributed by atoms with Crippen molar-refractivity contribution in [2.24, 2.45) is 4.99 Å². The molecule has 10 nitrogen and oxygen atoms in total. The van der Waals surface area contributed by atoms with Crippen molar-refractivity contribution < 1.29 is 25.5 Å². The van der Waals surface area contributed by atoms with Crippen LogP contribution in [0.4, 0.5) is 5.69 Å². The zero-order valence-corrected chi connectivity index (χ0v) is 22.8. The molecule has 2 unspecified atom stereocenters. The summed E-state index contributed by atoms with van der Waals surface area (Å²) in [5.74, 6) is 0. The highest BCUT2D eigenvalue weighted by atomic mass is 32.3. The predicted octanol–water partition coefficient (Wildman–Crippen LogP) is 1.65. The zero-order chi connectivity index (χ0) is 26.4. The molecule has 37 heavy (non-hydrogen) atoms. The molecule has 2 aromatic carbocycles. The highest BCUT2D eigenvalue weighted by Crippen LogP contribution is 2.55. The Bertz CT molecular complexity index is 1170. The van der Waals surface area contributed by atoms with Gasteiger partial charge in [0.15, 0.2) is 9.51 Å². The number of rotatable bonds is 10. The van der Waals surface area contributed by atoms with Crippen molar-refractivity contribution in [3.63, 3.8) is 0 Å². The average molecular weight is 582 g/mol. The molecule has 0 radical (unpaired) electrons. The standard InChI is InChI=1S/C23H27N5O5S4/c1-34-23(37-22-28-26-20(35-22)13-8-4-2-5-9-13)19(18(33)17(32)16(31)15(30)12-29)25-27-21(36-23)24-14-10-6-3-7-11-14/h2-11,15-19,25,29-33H,12H2,1H3,(H,24,27)/t15-,16-,17+,18-,19?,23?/m1/s1. The van der Waals surface area contributed by atoms with E-state index < -0.39 is 40.5 Å². The Kier molecular flexibility index (Phi) is 9.85. The number of benzene rings is 2. The molecule has 198 valence electrons. The second-order valence-electron chi connectivity index (χ2n) is 7.97. The van der Waals surface area contributed by atoms with Gasteiger partial charge in [-0.1, -0.05) is 83.4 Å². The fraction of sp³-hybridized carbons (Fsp3) is 0.348. The molecule has 0 bridgehead atoms. The van der Waals surface area contributed by atoms with E-state index in [-0.39, 0.29) is 0 Å². The predicted molar refractivity (Wildman–Crippen MR) is 150 cm³/mol. The molecule has 0 spiro atoms. The third-order valence-corrected chi connectivity index (χ3v) is 11.3. The lowest BCUT2D eigenvalue weighted by Gasteiger charge is -2.45. The van der Waals surface area contributed by atoms with Gasteiger partial charge >= 0.3 is 0 Å². The molecule has 0 aliphatic carbocycles. The van der Waals surface area contributed by atoms with Gasteiger partial charge in [0.25, 0.3) is 0 Å². The molecular weight excluding hydrogens is 555 g/mol. The second-order valence-corrected chi connectivity index (χ2v) is 13.5. The number of amidine groups is 1. The number of para-hydroxylation sites is 1. The normalized spacial score (nSPS) is 24.3. The maximum atomic E-state index is 11.1. The van der Waals surface area contributed by atoms with Crippen molar-refractivity contribution in [1.29, 1.82) is 0 Å². The van der Waals surface area contributed by atoms with Crippen LogP contribution in [0.15, 0.2) is 70.0 Å². The number of hydrogen-bond acceptors (Lipinski definition) is 13. The fourth-order valence-corrected chi connectivity index (χ4v) is 8.95. The van der Waals surface area contributed by atoms with E-state index in [0.717, 1.165) is 16.3 Å². The first-order valence-electron chi connectivity index (χ1n) is 11.2. The van der Waals surface area contributed by atoms with Crippen LogP contribution in [-0.2, 0) is 0 Å². The van der Waals surface area contributed by atoms with Crippen molar-refractivity contribution in [3.05, 3.63) is 60.7 Å². The molecule has 1 aliphatic rings. The molecule has 6 atom stereocenters. The Balaban J connectivity index is 1.66. The number of thioether (sulfide) groups is 3. The first kappa shape index (κ1) is 28.3. The number of hydrazine groups is 1. The monoisotopic (exact) mass is 581 g/mol. The highest BCUT2D eigenvalue weighted by molar-refractivity contribution is 8.38. The van der Waals surface area contributed by atoms with Gasteiger partial charge in [-0.3, -0.25) is 5.43 Å². The van der Waals surface area contributed by atoms with Crippen LogP contribution in [0.25, 0.3) is 10.6 Å². The van der Waals surface area contributed by atoms with Gasteiger partial charge in [0.1, 0.15) is 32.8 Å². The molecule has 3 aromatic rings. The van der Waals surface area contributed by atoms with Gasteiger partial charge in [0.05, 0.1) is 18.3 Å². The third kappa shape index (κ3) is 6.65. The minimum Gasteiger partial charge on any atom is -0.394 e. The minimum absolute atomic E-state index is 0.523. The number of aliphatic imine (C=N–C) groups is 1. The smallest absolute Gasteiger partial charge is 0.178 e. The Labute approximate surface area is 230 Å². The topological polar surface area (TPSA) is 163 Å². The SMILES string of the molecule is CSC1(Sc2nnc(-c3ccccc3)s2)SC(=Nc2ccccc2)NNC1[C@H](O)[C@@H](O)[C@H](O)[C@H](O)CO. The minimum atomic E-state index is -1.76. The molecule has 0 amide bonds. The number of aromatic nitrogens is 2. The van der Waals surface area contributed by atoms with Gasteiger partial charge in [0, 0.05) is 5.56 Å². The van der Waals surface area contributed by atoms with Gasteiger partial charge < -0.3 is 25.5 Å². The molecule has 1 saturated heterocycles. The van der Waals surface area contributed by atoms with Gasteiger partial charge in [-0.2, -0.15) is 0 Å². The van der Waals surface area contributed by atoms with E-state index in [1.807, 2.05) is 66.9 Å². The summed E-state index contributed by atoms with van der Waals surface area (Å²) in [6.45, 7) is -0.764. The van der Waals surface area contributed by atoms with Crippen LogP contribution in [0, 0.1) is 0 Å². The summed E-state index contributed by atoms with van der Waals surface area (Å²) in [5, 5.41) is 61.0. The highest BCUT2D eigenvalue weighted by Gasteiger charge is 2.52. The van der Waals surface area contributed by atoms with Gasteiger partial charge in [-0.05, 0) is 18.4 Å². The van der Waals surface area contributed by atoms with Crippen LogP contribution in [0.3, 0.4) is 0 Å². The van der Waals surface area contributed by atoms with E-state index in [2.05, 4.69) is 26.0 Å². The first-order chi connectivity index (χ1) is 17.9. The number of hydrogen-bond donors (Lipinski definition) is 7. The van der Waals surface area contributed by atoms with Crippen LogP contribution in [0.2, 0.25) is 0 Å². The van der Waals surface area contributed by atoms with Crippen LogP contribution in [0.1, 0.15) is 0 Å². The Morgan fingerprint density at radius 2 is 1.68 bits per heavy atom. The summed E-state index contributed by atoms with van der Waals surface area (Å²) in [7, 11) is 0. The van der Waals surface area contributed by atoms with Crippen molar-refractivity contribution in [1.82, 2.24) is 21.0 Å². The van der Waals surface area contributed by atoms with Gasteiger partial charge in [-0.15, -0.1) is 22.0 Å². The van der Waals surface area contributed by atoms with Crippen LogP contribution < -0.4 is 10.9 Å². The summed E-state index contributed by atoms with van der Waals surface area (Å²) in [5.41, 5.74) is 7.67. The quantitative estimate of drug-likeness (QED) is 0.174. The number of aliphatic hydroxyl groups is 5. The molecule has 1 aromatic heterocycles. The van der Waals surface area contributed by atoms with Crippen LogP contribution in [-0.4, -0.2) is 87.6 Å². The number of aliphatic hydroxyl groups excluding tert-OH is 5. The van der Waals surface area contributed by atoms with E-state index in [9.17, 15) is 25.5 Å². The lowest BCUT2D eigenvalue weighted by molar-refractivity contribution is -0.121. The molecule has 1 fully saturated rings. The van der Waals surface area contributed by atoms with E-state index in [1.165, 1.54) is 46.6 Å². The van der Waals surface area contributed by atoms with E-state index in [1.54, 1.807) is 0 Å². The first-order valence-corrected chi connectivity index (χ1v) is 14.8. The molecule has 7 N–H and O–H groups in total. The van der Waals surface area contributed by atoms with Gasteiger partial charge in [0.2, 0.25) is 0 Å². The number of nitrogens with zero attached hydrogens (tertiary/aromatic N) is 3. The van der Waals surface area contributed by atoms with E-state index in [4.69, 9.17) is 0 Å². The summed E-state index contributed by atoms with van der Waals surface area (Å²) >= 11 is 5.47. The lowest BCUT2D eigenvalue weighted by Crippen LogP contribution is -2.66. The summed E-state index contributed by atoms with van der Waals surface area (Å²) < 4.78 is -0.303. The fourth-order valence-electron chi connectivity index (χ4n) is 3.52. The second kappa shape index (κ2) is 12.9. The van der Waals surface area contributed by atoms with Crippen molar-refractivity contribution in [3.8, 4) is 10.6 Å². The van der Waals surface area contributed by atoms with Crippen molar-refractivity contribution >= 4 is 57.5 Å². The van der Waals surface area contributed by atoms with Crippen LogP contribution in [0.5, 0.6) is 0 Å². The van der Waals surface area contributed by atoms with E-state index >= 15 is 0 Å². The Hall–Kier alpha value is -1.72. The molecule has 1 aliphatic heterocycles. The molecule has 4 rings (SSSR count). The molecular formula is C23H27N5O5S4.